The Hall–Kier alpha value is -0.540. The number of aryl methyl sites for hydroxylation is 1. The summed E-state index contributed by atoms with van der Waals surface area (Å²) in [6, 6.07) is 8.28. The average molecular weight is 285 g/mol. The molecule has 0 amide bonds. The van der Waals surface area contributed by atoms with Crippen molar-refractivity contribution in [2.24, 2.45) is 11.8 Å². The smallest absolute Gasteiger partial charge is 0.150 e. The predicted octanol–water partition coefficient (Wildman–Crippen LogP) is 2.96. The summed E-state index contributed by atoms with van der Waals surface area (Å²) in [6.45, 7) is 0. The fourth-order valence-corrected chi connectivity index (χ4v) is 5.81. The lowest BCUT2D eigenvalue weighted by molar-refractivity contribution is 0.317. The molecule has 2 nitrogen and oxygen atoms in total. The van der Waals surface area contributed by atoms with E-state index in [4.69, 9.17) is 11.6 Å². The number of sulfone groups is 1. The molecule has 3 unspecified atom stereocenters. The van der Waals surface area contributed by atoms with Gasteiger partial charge in [-0.2, -0.15) is 0 Å². The van der Waals surface area contributed by atoms with E-state index in [1.165, 1.54) is 11.1 Å². The summed E-state index contributed by atoms with van der Waals surface area (Å²) >= 11 is 6.59. The molecule has 18 heavy (non-hydrogen) atoms. The number of rotatable bonds is 1. The topological polar surface area (TPSA) is 34.1 Å². The van der Waals surface area contributed by atoms with Crippen molar-refractivity contribution in [1.29, 1.82) is 0 Å². The van der Waals surface area contributed by atoms with Crippen LogP contribution in [0.3, 0.4) is 0 Å². The Labute approximate surface area is 113 Å². The third kappa shape index (κ3) is 2.19. The molecule has 3 atom stereocenters. The second-order valence-corrected chi connectivity index (χ2v) is 8.17. The highest BCUT2D eigenvalue weighted by Crippen LogP contribution is 2.45. The first-order valence-corrected chi connectivity index (χ1v) is 8.75. The van der Waals surface area contributed by atoms with Crippen LogP contribution < -0.4 is 0 Å². The summed E-state index contributed by atoms with van der Waals surface area (Å²) < 4.78 is 23.2. The number of benzene rings is 1. The number of fused-ring (bicyclic) bond motifs is 1. The Morgan fingerprint density at radius 2 is 1.94 bits per heavy atom. The maximum absolute atomic E-state index is 11.6. The number of hydrogen-bond acceptors (Lipinski definition) is 2. The first-order chi connectivity index (χ1) is 8.57. The largest absolute Gasteiger partial charge is 0.229 e. The van der Waals surface area contributed by atoms with Crippen molar-refractivity contribution < 1.29 is 8.42 Å². The zero-order chi connectivity index (χ0) is 12.8. The minimum absolute atomic E-state index is 0.0201. The number of hydrogen-bond donors (Lipinski definition) is 0. The van der Waals surface area contributed by atoms with Crippen LogP contribution in [0.15, 0.2) is 24.3 Å². The van der Waals surface area contributed by atoms with Gasteiger partial charge in [0.05, 0.1) is 16.9 Å². The second-order valence-electron chi connectivity index (χ2n) is 5.47. The molecule has 1 saturated heterocycles. The molecule has 4 heteroatoms. The summed E-state index contributed by atoms with van der Waals surface area (Å²) in [6.07, 6.45) is 2.84. The van der Waals surface area contributed by atoms with E-state index < -0.39 is 9.84 Å². The lowest BCUT2D eigenvalue weighted by atomic mass is 9.76. The maximum Gasteiger partial charge on any atom is 0.150 e. The normalized spacial score (nSPS) is 34.2. The predicted molar refractivity (Wildman–Crippen MR) is 73.6 cm³/mol. The van der Waals surface area contributed by atoms with Crippen LogP contribution in [-0.2, 0) is 16.3 Å². The van der Waals surface area contributed by atoms with Gasteiger partial charge >= 0.3 is 0 Å². The zero-order valence-electron chi connectivity index (χ0n) is 10.2. The van der Waals surface area contributed by atoms with Crippen LogP contribution in [0.5, 0.6) is 0 Å². The zero-order valence-corrected chi connectivity index (χ0v) is 11.8. The van der Waals surface area contributed by atoms with Gasteiger partial charge in [-0.05, 0) is 42.2 Å². The highest BCUT2D eigenvalue weighted by molar-refractivity contribution is 7.91. The van der Waals surface area contributed by atoms with Crippen LogP contribution in [0, 0.1) is 11.8 Å². The molecule has 0 radical (unpaired) electrons. The fraction of sp³-hybridized carbons (Fsp3) is 0.571. The van der Waals surface area contributed by atoms with E-state index in [1.807, 2.05) is 12.1 Å². The van der Waals surface area contributed by atoms with Crippen molar-refractivity contribution in [1.82, 2.24) is 0 Å². The number of halogens is 1. The SMILES string of the molecule is O=S1(=O)CCC(C2CCc3ccccc3C2Cl)C1. The van der Waals surface area contributed by atoms with Gasteiger partial charge in [-0.1, -0.05) is 24.3 Å². The lowest BCUT2D eigenvalue weighted by Gasteiger charge is -2.33. The molecule has 0 N–H and O–H groups in total. The third-order valence-electron chi connectivity index (χ3n) is 4.35. The minimum Gasteiger partial charge on any atom is -0.229 e. The first kappa shape index (κ1) is 12.5. The Kier molecular flexibility index (Phi) is 3.15. The molecular formula is C14H17ClO2S. The van der Waals surface area contributed by atoms with Gasteiger partial charge in [0, 0.05) is 0 Å². The van der Waals surface area contributed by atoms with Gasteiger partial charge < -0.3 is 0 Å². The molecule has 1 aromatic carbocycles. The molecule has 1 aliphatic heterocycles. The van der Waals surface area contributed by atoms with E-state index in [1.54, 1.807) is 0 Å². The van der Waals surface area contributed by atoms with Crippen molar-refractivity contribution in [3.05, 3.63) is 35.4 Å². The molecule has 0 saturated carbocycles. The van der Waals surface area contributed by atoms with E-state index in [9.17, 15) is 8.42 Å². The van der Waals surface area contributed by atoms with Gasteiger partial charge in [0.25, 0.3) is 0 Å². The van der Waals surface area contributed by atoms with Crippen LogP contribution in [0.25, 0.3) is 0 Å². The van der Waals surface area contributed by atoms with E-state index in [0.717, 1.165) is 19.3 Å². The summed E-state index contributed by atoms with van der Waals surface area (Å²) in [4.78, 5) is 0. The average Bonchev–Trinajstić information content (AvgIpc) is 2.70. The van der Waals surface area contributed by atoms with Gasteiger partial charge in [-0.25, -0.2) is 8.42 Å². The van der Waals surface area contributed by atoms with E-state index in [2.05, 4.69) is 12.1 Å². The van der Waals surface area contributed by atoms with Gasteiger partial charge in [0.1, 0.15) is 0 Å². The van der Waals surface area contributed by atoms with E-state index >= 15 is 0 Å². The van der Waals surface area contributed by atoms with Crippen LogP contribution in [0.1, 0.15) is 29.3 Å². The third-order valence-corrected chi connectivity index (χ3v) is 6.70. The molecule has 1 heterocycles. The molecule has 0 spiro atoms. The van der Waals surface area contributed by atoms with Crippen LogP contribution in [0.2, 0.25) is 0 Å². The Bertz CT molecular complexity index is 553. The second kappa shape index (κ2) is 4.53. The molecule has 0 aromatic heterocycles. The lowest BCUT2D eigenvalue weighted by Crippen LogP contribution is -2.25. The first-order valence-electron chi connectivity index (χ1n) is 6.49. The van der Waals surface area contributed by atoms with E-state index in [-0.39, 0.29) is 11.3 Å². The van der Waals surface area contributed by atoms with E-state index in [0.29, 0.717) is 17.4 Å². The molecular weight excluding hydrogens is 268 g/mol. The Morgan fingerprint density at radius 1 is 1.17 bits per heavy atom. The van der Waals surface area contributed by atoms with Crippen molar-refractivity contribution in [3.8, 4) is 0 Å². The standard InChI is InChI=1S/C14H17ClO2S/c15-14-12-4-2-1-3-10(12)5-6-13(14)11-7-8-18(16,17)9-11/h1-4,11,13-14H,5-9H2. The van der Waals surface area contributed by atoms with Gasteiger partial charge in [0.2, 0.25) is 0 Å². The van der Waals surface area contributed by atoms with Gasteiger partial charge in [0.15, 0.2) is 9.84 Å². The monoisotopic (exact) mass is 284 g/mol. The van der Waals surface area contributed by atoms with Crippen LogP contribution >= 0.6 is 11.6 Å². The Balaban J connectivity index is 1.85. The summed E-state index contributed by atoms with van der Waals surface area (Å²) in [5.41, 5.74) is 2.54. The molecule has 0 bridgehead atoms. The van der Waals surface area contributed by atoms with Gasteiger partial charge in [-0.3, -0.25) is 0 Å². The molecule has 1 fully saturated rings. The van der Waals surface area contributed by atoms with Crippen LogP contribution in [0.4, 0.5) is 0 Å². The number of alkyl halides is 1. The van der Waals surface area contributed by atoms with Gasteiger partial charge in [-0.15, -0.1) is 11.6 Å². The maximum atomic E-state index is 11.6. The Morgan fingerprint density at radius 3 is 2.67 bits per heavy atom. The minimum atomic E-state index is -2.80. The summed E-state index contributed by atoms with van der Waals surface area (Å²) in [5.74, 6) is 1.26. The molecule has 1 aromatic rings. The summed E-state index contributed by atoms with van der Waals surface area (Å²) in [5, 5.41) is -0.0201. The highest BCUT2D eigenvalue weighted by atomic mass is 35.5. The molecule has 98 valence electrons. The highest BCUT2D eigenvalue weighted by Gasteiger charge is 2.39. The quantitative estimate of drug-likeness (QED) is 0.743. The fourth-order valence-electron chi connectivity index (χ4n) is 3.37. The molecule has 1 aliphatic carbocycles. The van der Waals surface area contributed by atoms with Crippen molar-refractivity contribution >= 4 is 21.4 Å². The van der Waals surface area contributed by atoms with Crippen molar-refractivity contribution in [2.75, 3.05) is 11.5 Å². The summed E-state index contributed by atoms with van der Waals surface area (Å²) in [7, 11) is -2.80. The molecule has 2 aliphatic rings. The molecule has 3 rings (SSSR count). The van der Waals surface area contributed by atoms with Crippen molar-refractivity contribution in [2.45, 2.75) is 24.6 Å². The van der Waals surface area contributed by atoms with Crippen molar-refractivity contribution in [3.63, 3.8) is 0 Å². The van der Waals surface area contributed by atoms with Crippen LogP contribution in [-0.4, -0.2) is 19.9 Å².